The lowest BCUT2D eigenvalue weighted by Crippen LogP contribution is -2.10. The number of carboxylic acids is 1. The molecule has 1 aliphatic rings. The first-order chi connectivity index (χ1) is 11.6. The van der Waals surface area contributed by atoms with Gasteiger partial charge in [-0.15, -0.1) is 0 Å². The Morgan fingerprint density at radius 2 is 1.83 bits per heavy atom. The van der Waals surface area contributed by atoms with Crippen LogP contribution in [0, 0.1) is 0 Å². The number of benzene rings is 2. The van der Waals surface area contributed by atoms with Gasteiger partial charge in [-0.25, -0.2) is 14.6 Å². The summed E-state index contributed by atoms with van der Waals surface area (Å²) in [6.07, 6.45) is 1.51. The molecular formula is C18H13NO5. The van der Waals surface area contributed by atoms with E-state index in [0.29, 0.717) is 16.9 Å². The van der Waals surface area contributed by atoms with Crippen molar-refractivity contribution in [3.63, 3.8) is 0 Å². The second-order valence-corrected chi connectivity index (χ2v) is 4.92. The maximum Gasteiger partial charge on any atom is 0.363 e. The molecule has 0 saturated heterocycles. The highest BCUT2D eigenvalue weighted by atomic mass is 16.6. The standard InChI is InChI=1S/C18H13NO5/c20-16(21)11-23-15-9-5-4-8-13(15)10-14-18(22)24-17(19-14)12-6-2-1-3-7-12/h1-10H,11H2,(H,20,21)/b14-10+. The van der Waals surface area contributed by atoms with E-state index in [1.807, 2.05) is 18.2 Å². The molecule has 6 heteroatoms. The van der Waals surface area contributed by atoms with Gasteiger partial charge in [0.25, 0.3) is 0 Å². The molecule has 2 aromatic carbocycles. The van der Waals surface area contributed by atoms with Crippen molar-refractivity contribution in [2.45, 2.75) is 0 Å². The molecule has 6 nitrogen and oxygen atoms in total. The first kappa shape index (κ1) is 15.5. The molecule has 0 aromatic heterocycles. The number of ether oxygens (including phenoxy) is 2. The van der Waals surface area contributed by atoms with Crippen molar-refractivity contribution in [3.05, 3.63) is 71.4 Å². The molecule has 24 heavy (non-hydrogen) atoms. The van der Waals surface area contributed by atoms with Crippen LogP contribution >= 0.6 is 0 Å². The van der Waals surface area contributed by atoms with Gasteiger partial charge in [-0.05, 0) is 24.3 Å². The number of cyclic esters (lactones) is 1. The van der Waals surface area contributed by atoms with Crippen LogP contribution in [0.4, 0.5) is 0 Å². The summed E-state index contributed by atoms with van der Waals surface area (Å²) < 4.78 is 10.4. The quantitative estimate of drug-likeness (QED) is 0.675. The number of carbonyl (C=O) groups excluding carboxylic acids is 1. The van der Waals surface area contributed by atoms with E-state index in [1.165, 1.54) is 6.08 Å². The highest BCUT2D eigenvalue weighted by Crippen LogP contribution is 2.24. The Bertz CT molecular complexity index is 839. The molecule has 1 heterocycles. The van der Waals surface area contributed by atoms with Crippen molar-refractivity contribution in [1.82, 2.24) is 0 Å². The molecule has 2 aromatic rings. The van der Waals surface area contributed by atoms with Crippen LogP contribution in [0.15, 0.2) is 65.3 Å². The zero-order valence-electron chi connectivity index (χ0n) is 12.5. The summed E-state index contributed by atoms with van der Waals surface area (Å²) in [6, 6.07) is 15.9. The second kappa shape index (κ2) is 6.78. The van der Waals surface area contributed by atoms with E-state index < -0.39 is 18.5 Å². The van der Waals surface area contributed by atoms with Crippen LogP contribution < -0.4 is 4.74 Å². The minimum absolute atomic E-state index is 0.125. The molecule has 3 rings (SSSR count). The first-order valence-electron chi connectivity index (χ1n) is 7.15. The van der Waals surface area contributed by atoms with Crippen LogP contribution in [0.3, 0.4) is 0 Å². The van der Waals surface area contributed by atoms with E-state index in [9.17, 15) is 9.59 Å². The summed E-state index contributed by atoms with van der Waals surface area (Å²) >= 11 is 0. The van der Waals surface area contributed by atoms with E-state index in [-0.39, 0.29) is 11.6 Å². The Balaban J connectivity index is 1.90. The molecule has 0 atom stereocenters. The molecule has 0 aliphatic carbocycles. The number of hydrogen-bond donors (Lipinski definition) is 1. The van der Waals surface area contributed by atoms with E-state index in [2.05, 4.69) is 4.99 Å². The number of rotatable bonds is 5. The lowest BCUT2D eigenvalue weighted by molar-refractivity contribution is -0.139. The van der Waals surface area contributed by atoms with Gasteiger partial charge < -0.3 is 14.6 Å². The molecule has 0 spiro atoms. The number of aliphatic carboxylic acids is 1. The highest BCUT2D eigenvalue weighted by molar-refractivity contribution is 6.12. The fourth-order valence-corrected chi connectivity index (χ4v) is 2.13. The fraction of sp³-hybridized carbons (Fsp3) is 0.0556. The van der Waals surface area contributed by atoms with Crippen LogP contribution in [0.5, 0.6) is 5.75 Å². The van der Waals surface area contributed by atoms with Crippen LogP contribution in [0.25, 0.3) is 6.08 Å². The number of para-hydroxylation sites is 1. The van der Waals surface area contributed by atoms with Crippen molar-refractivity contribution in [3.8, 4) is 5.75 Å². The Kier molecular flexibility index (Phi) is 4.38. The highest BCUT2D eigenvalue weighted by Gasteiger charge is 2.24. The molecule has 0 saturated carbocycles. The predicted octanol–water partition coefficient (Wildman–Crippen LogP) is 2.49. The van der Waals surface area contributed by atoms with Gasteiger partial charge in [0, 0.05) is 11.1 Å². The third-order valence-corrected chi connectivity index (χ3v) is 3.20. The maximum atomic E-state index is 12.0. The average Bonchev–Trinajstić information content (AvgIpc) is 2.96. The zero-order valence-corrected chi connectivity index (χ0v) is 12.5. The predicted molar refractivity (Wildman–Crippen MR) is 86.6 cm³/mol. The number of aliphatic imine (C=N–C) groups is 1. The minimum atomic E-state index is -1.08. The van der Waals surface area contributed by atoms with Gasteiger partial charge in [-0.1, -0.05) is 36.4 Å². The van der Waals surface area contributed by atoms with Crippen molar-refractivity contribution in [2.24, 2.45) is 4.99 Å². The fourth-order valence-electron chi connectivity index (χ4n) is 2.13. The number of hydrogen-bond acceptors (Lipinski definition) is 5. The minimum Gasteiger partial charge on any atom is -0.481 e. The topological polar surface area (TPSA) is 85.2 Å². The van der Waals surface area contributed by atoms with E-state index in [1.54, 1.807) is 36.4 Å². The van der Waals surface area contributed by atoms with Crippen LogP contribution in [-0.4, -0.2) is 29.5 Å². The van der Waals surface area contributed by atoms with Crippen molar-refractivity contribution in [2.75, 3.05) is 6.61 Å². The van der Waals surface area contributed by atoms with Crippen molar-refractivity contribution < 1.29 is 24.2 Å². The Morgan fingerprint density at radius 3 is 2.58 bits per heavy atom. The molecule has 0 fully saturated rings. The Morgan fingerprint density at radius 1 is 1.12 bits per heavy atom. The summed E-state index contributed by atoms with van der Waals surface area (Å²) in [4.78, 5) is 26.8. The summed E-state index contributed by atoms with van der Waals surface area (Å²) in [5.41, 5.74) is 1.37. The van der Waals surface area contributed by atoms with Gasteiger partial charge in [-0.3, -0.25) is 0 Å². The summed E-state index contributed by atoms with van der Waals surface area (Å²) in [6.45, 7) is -0.469. The molecule has 0 amide bonds. The van der Waals surface area contributed by atoms with Gasteiger partial charge in [0.2, 0.25) is 5.90 Å². The van der Waals surface area contributed by atoms with E-state index >= 15 is 0 Å². The molecular weight excluding hydrogens is 310 g/mol. The monoisotopic (exact) mass is 323 g/mol. The third-order valence-electron chi connectivity index (χ3n) is 3.20. The number of carboxylic acid groups (broad SMARTS) is 1. The molecule has 120 valence electrons. The van der Waals surface area contributed by atoms with Crippen LogP contribution in [-0.2, 0) is 14.3 Å². The molecule has 0 bridgehead atoms. The average molecular weight is 323 g/mol. The largest absolute Gasteiger partial charge is 0.481 e. The van der Waals surface area contributed by atoms with Crippen molar-refractivity contribution in [1.29, 1.82) is 0 Å². The third kappa shape index (κ3) is 3.49. The maximum absolute atomic E-state index is 12.0. The molecule has 1 N–H and O–H groups in total. The summed E-state index contributed by atoms with van der Waals surface area (Å²) in [7, 11) is 0. The summed E-state index contributed by atoms with van der Waals surface area (Å²) in [5, 5.41) is 8.72. The number of nitrogens with zero attached hydrogens (tertiary/aromatic N) is 1. The SMILES string of the molecule is O=C(O)COc1ccccc1/C=C1/N=C(c2ccccc2)OC1=O. The Labute approximate surface area is 137 Å². The molecule has 0 radical (unpaired) electrons. The normalized spacial score (nSPS) is 15.1. The summed E-state index contributed by atoms with van der Waals surface area (Å²) in [5.74, 6) is -1.07. The lowest BCUT2D eigenvalue weighted by Gasteiger charge is -2.06. The smallest absolute Gasteiger partial charge is 0.363 e. The van der Waals surface area contributed by atoms with Gasteiger partial charge in [0.05, 0.1) is 0 Å². The lowest BCUT2D eigenvalue weighted by atomic mass is 10.1. The second-order valence-electron chi connectivity index (χ2n) is 4.92. The number of esters is 1. The van der Waals surface area contributed by atoms with Gasteiger partial charge in [0.15, 0.2) is 12.3 Å². The van der Waals surface area contributed by atoms with Gasteiger partial charge in [-0.2, -0.15) is 0 Å². The molecule has 0 unspecified atom stereocenters. The first-order valence-corrected chi connectivity index (χ1v) is 7.15. The zero-order chi connectivity index (χ0) is 16.9. The Hall–Kier alpha value is -3.41. The van der Waals surface area contributed by atoms with Crippen LogP contribution in [0.2, 0.25) is 0 Å². The van der Waals surface area contributed by atoms with Gasteiger partial charge in [0.1, 0.15) is 5.75 Å². The van der Waals surface area contributed by atoms with E-state index in [0.717, 1.165) is 0 Å². The van der Waals surface area contributed by atoms with Gasteiger partial charge >= 0.3 is 11.9 Å². The number of carbonyl (C=O) groups is 2. The van der Waals surface area contributed by atoms with Crippen LogP contribution in [0.1, 0.15) is 11.1 Å². The van der Waals surface area contributed by atoms with Crippen molar-refractivity contribution >= 4 is 23.9 Å². The molecule has 1 aliphatic heterocycles. The van der Waals surface area contributed by atoms with E-state index in [4.69, 9.17) is 14.6 Å².